The molecule has 6 heteroatoms. The van der Waals surface area contributed by atoms with Crippen LogP contribution in [0.1, 0.15) is 50.7 Å². The van der Waals surface area contributed by atoms with Crippen molar-refractivity contribution in [3.8, 4) is 0 Å². The van der Waals surface area contributed by atoms with E-state index in [9.17, 15) is 0 Å². The molecule has 0 amide bonds. The van der Waals surface area contributed by atoms with E-state index in [2.05, 4.69) is 47.9 Å². The fourth-order valence-corrected chi connectivity index (χ4v) is 4.14. The van der Waals surface area contributed by atoms with Crippen LogP contribution in [0, 0.1) is 11.8 Å². The van der Waals surface area contributed by atoms with E-state index in [4.69, 9.17) is 19.2 Å². The Bertz CT molecular complexity index is 605. The first-order chi connectivity index (χ1) is 14.9. The highest BCUT2D eigenvalue weighted by Gasteiger charge is 2.27. The SMILES string of the molecule is CCNC(=NCC1CCCOC1c1ccccc1)NCCCOCC1CCOCC1. The summed E-state index contributed by atoms with van der Waals surface area (Å²) < 4.78 is 17.4. The molecule has 2 saturated heterocycles. The highest BCUT2D eigenvalue weighted by atomic mass is 16.5. The molecular weight excluding hydrogens is 378 g/mol. The van der Waals surface area contributed by atoms with Gasteiger partial charge in [-0.1, -0.05) is 30.3 Å². The Labute approximate surface area is 181 Å². The summed E-state index contributed by atoms with van der Waals surface area (Å²) in [5.74, 6) is 1.97. The number of guanidine groups is 1. The molecule has 0 saturated carbocycles. The lowest BCUT2D eigenvalue weighted by Crippen LogP contribution is -2.39. The molecule has 3 rings (SSSR count). The third-order valence-corrected chi connectivity index (χ3v) is 5.85. The van der Waals surface area contributed by atoms with E-state index in [1.54, 1.807) is 0 Å². The molecule has 0 aromatic heterocycles. The molecule has 30 heavy (non-hydrogen) atoms. The molecule has 2 N–H and O–H groups in total. The van der Waals surface area contributed by atoms with Gasteiger partial charge in [-0.05, 0) is 50.5 Å². The zero-order chi connectivity index (χ0) is 20.9. The van der Waals surface area contributed by atoms with Crippen LogP contribution in [0.15, 0.2) is 35.3 Å². The lowest BCUT2D eigenvalue weighted by atomic mass is 9.89. The molecule has 2 aliphatic rings. The minimum absolute atomic E-state index is 0.144. The molecule has 6 nitrogen and oxygen atoms in total. The standard InChI is InChI=1S/C24H39N3O3/c1-2-25-24(26-13-7-14-29-19-20-11-16-28-17-12-20)27-18-22-10-6-15-30-23(22)21-8-4-3-5-9-21/h3-5,8-9,20,22-23H,2,6-7,10-19H2,1H3,(H2,25,26,27). The van der Waals surface area contributed by atoms with Crippen molar-refractivity contribution in [3.63, 3.8) is 0 Å². The van der Waals surface area contributed by atoms with Gasteiger partial charge >= 0.3 is 0 Å². The molecular formula is C24H39N3O3. The first kappa shape index (κ1) is 23.0. The monoisotopic (exact) mass is 417 g/mol. The van der Waals surface area contributed by atoms with E-state index >= 15 is 0 Å². The number of aliphatic imine (C=N–C) groups is 1. The predicted octanol–water partition coefficient (Wildman–Crippen LogP) is 3.54. The summed E-state index contributed by atoms with van der Waals surface area (Å²) in [7, 11) is 0. The van der Waals surface area contributed by atoms with Crippen molar-refractivity contribution >= 4 is 5.96 Å². The largest absolute Gasteiger partial charge is 0.381 e. The van der Waals surface area contributed by atoms with Crippen molar-refractivity contribution in [2.45, 2.75) is 45.1 Å². The van der Waals surface area contributed by atoms with Crippen molar-refractivity contribution in [2.24, 2.45) is 16.8 Å². The molecule has 2 atom stereocenters. The number of benzene rings is 1. The minimum Gasteiger partial charge on any atom is -0.381 e. The van der Waals surface area contributed by atoms with Gasteiger partial charge in [-0.15, -0.1) is 0 Å². The van der Waals surface area contributed by atoms with Gasteiger partial charge in [-0.3, -0.25) is 4.99 Å². The van der Waals surface area contributed by atoms with Crippen LogP contribution in [-0.2, 0) is 14.2 Å². The van der Waals surface area contributed by atoms with Crippen LogP contribution >= 0.6 is 0 Å². The zero-order valence-electron chi connectivity index (χ0n) is 18.5. The Balaban J connectivity index is 1.39. The van der Waals surface area contributed by atoms with Crippen molar-refractivity contribution in [1.29, 1.82) is 0 Å². The highest BCUT2D eigenvalue weighted by Crippen LogP contribution is 2.33. The van der Waals surface area contributed by atoms with Crippen molar-refractivity contribution in [1.82, 2.24) is 10.6 Å². The second-order valence-electron chi connectivity index (χ2n) is 8.24. The van der Waals surface area contributed by atoms with Gasteiger partial charge in [0, 0.05) is 58.6 Å². The molecule has 1 aromatic carbocycles. The number of hydrogen-bond donors (Lipinski definition) is 2. The van der Waals surface area contributed by atoms with Crippen molar-refractivity contribution in [3.05, 3.63) is 35.9 Å². The van der Waals surface area contributed by atoms with E-state index in [0.717, 1.165) is 90.7 Å². The van der Waals surface area contributed by atoms with E-state index in [-0.39, 0.29) is 6.10 Å². The van der Waals surface area contributed by atoms with Crippen LogP contribution < -0.4 is 10.6 Å². The maximum Gasteiger partial charge on any atom is 0.191 e. The lowest BCUT2D eigenvalue weighted by molar-refractivity contribution is -0.0250. The summed E-state index contributed by atoms with van der Waals surface area (Å²) in [6, 6.07) is 10.6. The zero-order valence-corrected chi connectivity index (χ0v) is 18.5. The van der Waals surface area contributed by atoms with Crippen LogP contribution in [0.5, 0.6) is 0 Å². The summed E-state index contributed by atoms with van der Waals surface area (Å²) in [6.07, 6.45) is 5.65. The van der Waals surface area contributed by atoms with E-state index in [1.165, 1.54) is 5.56 Å². The quantitative estimate of drug-likeness (QED) is 0.346. The van der Waals surface area contributed by atoms with Gasteiger partial charge in [-0.2, -0.15) is 0 Å². The molecule has 2 fully saturated rings. The van der Waals surface area contributed by atoms with Crippen LogP contribution in [0.3, 0.4) is 0 Å². The molecule has 1 aromatic rings. The van der Waals surface area contributed by atoms with E-state index in [1.807, 2.05) is 0 Å². The van der Waals surface area contributed by atoms with Crippen LogP contribution in [0.25, 0.3) is 0 Å². The van der Waals surface area contributed by atoms with Crippen LogP contribution in [0.2, 0.25) is 0 Å². The Kier molecular flexibility index (Phi) is 10.5. The van der Waals surface area contributed by atoms with Gasteiger partial charge in [0.05, 0.1) is 6.10 Å². The third-order valence-electron chi connectivity index (χ3n) is 5.85. The number of ether oxygens (including phenoxy) is 3. The third kappa shape index (κ3) is 7.89. The van der Waals surface area contributed by atoms with Gasteiger partial charge in [0.25, 0.3) is 0 Å². The van der Waals surface area contributed by atoms with Crippen molar-refractivity contribution in [2.75, 3.05) is 52.7 Å². The fraction of sp³-hybridized carbons (Fsp3) is 0.708. The average molecular weight is 418 g/mol. The molecule has 2 aliphatic heterocycles. The van der Waals surface area contributed by atoms with Crippen molar-refractivity contribution < 1.29 is 14.2 Å². The predicted molar refractivity (Wildman–Crippen MR) is 121 cm³/mol. The van der Waals surface area contributed by atoms with E-state index < -0.39 is 0 Å². The number of rotatable bonds is 10. The summed E-state index contributed by atoms with van der Waals surface area (Å²) in [4.78, 5) is 4.86. The maximum absolute atomic E-state index is 6.11. The lowest BCUT2D eigenvalue weighted by Gasteiger charge is -2.31. The molecule has 2 unspecified atom stereocenters. The first-order valence-corrected chi connectivity index (χ1v) is 11.7. The smallest absolute Gasteiger partial charge is 0.191 e. The minimum atomic E-state index is 0.144. The first-order valence-electron chi connectivity index (χ1n) is 11.7. The topological polar surface area (TPSA) is 64.1 Å². The van der Waals surface area contributed by atoms with Gasteiger partial charge < -0.3 is 24.8 Å². The Hall–Kier alpha value is -1.63. The summed E-state index contributed by atoms with van der Waals surface area (Å²) in [6.45, 7) is 8.85. The number of nitrogens with one attached hydrogen (secondary N) is 2. The maximum atomic E-state index is 6.11. The molecule has 2 heterocycles. The van der Waals surface area contributed by atoms with Gasteiger partial charge in [0.1, 0.15) is 0 Å². The fourth-order valence-electron chi connectivity index (χ4n) is 4.14. The summed E-state index contributed by atoms with van der Waals surface area (Å²) >= 11 is 0. The second kappa shape index (κ2) is 13.6. The van der Waals surface area contributed by atoms with Crippen LogP contribution in [0.4, 0.5) is 0 Å². The average Bonchev–Trinajstić information content (AvgIpc) is 2.81. The molecule has 0 spiro atoms. The summed E-state index contributed by atoms with van der Waals surface area (Å²) in [5, 5.41) is 6.81. The summed E-state index contributed by atoms with van der Waals surface area (Å²) in [5.41, 5.74) is 1.26. The number of hydrogen-bond acceptors (Lipinski definition) is 4. The molecule has 0 bridgehead atoms. The highest BCUT2D eigenvalue weighted by molar-refractivity contribution is 5.79. The second-order valence-corrected chi connectivity index (χ2v) is 8.24. The normalized spacial score (nSPS) is 23.3. The van der Waals surface area contributed by atoms with E-state index in [0.29, 0.717) is 11.8 Å². The molecule has 168 valence electrons. The van der Waals surface area contributed by atoms with Crippen LogP contribution in [-0.4, -0.2) is 58.6 Å². The Morgan fingerprint density at radius 3 is 2.73 bits per heavy atom. The van der Waals surface area contributed by atoms with Gasteiger partial charge in [0.2, 0.25) is 0 Å². The Morgan fingerprint density at radius 1 is 1.10 bits per heavy atom. The Morgan fingerprint density at radius 2 is 1.93 bits per heavy atom. The van der Waals surface area contributed by atoms with Gasteiger partial charge in [-0.25, -0.2) is 0 Å². The number of nitrogens with zero attached hydrogens (tertiary/aromatic N) is 1. The molecule has 0 aliphatic carbocycles. The van der Waals surface area contributed by atoms with Gasteiger partial charge in [0.15, 0.2) is 5.96 Å². The molecule has 0 radical (unpaired) electrons.